The van der Waals surface area contributed by atoms with Crippen LogP contribution in [-0.4, -0.2) is 57.7 Å². The molecule has 0 aliphatic carbocycles. The van der Waals surface area contributed by atoms with Crippen molar-refractivity contribution in [2.45, 2.75) is 59.1 Å². The molecule has 0 atom stereocenters. The van der Waals surface area contributed by atoms with Crippen LogP contribution >= 0.6 is 23.1 Å². The van der Waals surface area contributed by atoms with Crippen molar-refractivity contribution in [2.75, 3.05) is 37.2 Å². The average Bonchev–Trinajstić information content (AvgIpc) is 3.21. The van der Waals surface area contributed by atoms with Gasteiger partial charge in [0.25, 0.3) is 5.56 Å². The number of guanidine groups is 1. The van der Waals surface area contributed by atoms with Crippen molar-refractivity contribution in [3.8, 4) is 0 Å². The van der Waals surface area contributed by atoms with Crippen molar-refractivity contribution < 1.29 is 0 Å². The Balaban J connectivity index is 1.78. The van der Waals surface area contributed by atoms with Crippen LogP contribution in [0.4, 0.5) is 5.13 Å². The van der Waals surface area contributed by atoms with E-state index in [1.54, 1.807) is 11.8 Å². The van der Waals surface area contributed by atoms with Crippen LogP contribution in [0.25, 0.3) is 0 Å². The zero-order valence-electron chi connectivity index (χ0n) is 19.7. The van der Waals surface area contributed by atoms with Crippen molar-refractivity contribution in [3.05, 3.63) is 38.5 Å². The number of aromatic amines is 1. The van der Waals surface area contributed by atoms with Crippen LogP contribution in [0.2, 0.25) is 0 Å². The first-order chi connectivity index (χ1) is 15.5. The maximum absolute atomic E-state index is 12.5. The summed E-state index contributed by atoms with van der Waals surface area (Å²) in [6, 6.07) is 0. The lowest BCUT2D eigenvalue weighted by Gasteiger charge is -2.17. The summed E-state index contributed by atoms with van der Waals surface area (Å²) in [5.41, 5.74) is 8.52. The first-order valence-electron chi connectivity index (χ1n) is 11.4. The number of thiazole rings is 1. The minimum Gasteiger partial charge on any atom is -0.370 e. The molecule has 0 spiro atoms. The quantitative estimate of drug-likeness (QED) is 0.216. The van der Waals surface area contributed by atoms with Gasteiger partial charge < -0.3 is 20.9 Å². The molecule has 32 heavy (non-hydrogen) atoms. The van der Waals surface area contributed by atoms with Gasteiger partial charge >= 0.3 is 0 Å². The van der Waals surface area contributed by atoms with Gasteiger partial charge in [0.15, 0.2) is 11.1 Å². The summed E-state index contributed by atoms with van der Waals surface area (Å²) in [7, 11) is 0. The molecule has 0 aliphatic rings. The van der Waals surface area contributed by atoms with Crippen LogP contribution in [0.1, 0.15) is 56.4 Å². The lowest BCUT2D eigenvalue weighted by atomic mass is 10.1. The van der Waals surface area contributed by atoms with Crippen LogP contribution in [-0.2, 0) is 18.6 Å². The van der Waals surface area contributed by atoms with E-state index in [0.717, 1.165) is 84.7 Å². The maximum atomic E-state index is 12.5. The van der Waals surface area contributed by atoms with Crippen LogP contribution < -0.4 is 16.6 Å². The van der Waals surface area contributed by atoms with Crippen molar-refractivity contribution in [1.82, 2.24) is 19.9 Å². The van der Waals surface area contributed by atoms with Gasteiger partial charge in [-0.3, -0.25) is 9.79 Å². The van der Waals surface area contributed by atoms with E-state index in [0.29, 0.717) is 12.5 Å². The second kappa shape index (κ2) is 14.3. The van der Waals surface area contributed by atoms with E-state index in [9.17, 15) is 4.79 Å². The number of hydrogen-bond acceptors (Lipinski definition) is 7. The van der Waals surface area contributed by atoms with Gasteiger partial charge in [0.1, 0.15) is 5.82 Å². The van der Waals surface area contributed by atoms with Crippen molar-refractivity contribution in [2.24, 2.45) is 10.7 Å². The summed E-state index contributed by atoms with van der Waals surface area (Å²) >= 11 is 3.30. The summed E-state index contributed by atoms with van der Waals surface area (Å²) < 4.78 is 0. The number of nitrogens with one attached hydrogen (secondary N) is 2. The Bertz CT molecular complexity index is 906. The Morgan fingerprint density at radius 3 is 2.75 bits per heavy atom. The van der Waals surface area contributed by atoms with Gasteiger partial charge in [-0.25, -0.2) is 9.97 Å². The highest BCUT2D eigenvalue weighted by molar-refractivity contribution is 7.98. The highest BCUT2D eigenvalue weighted by Gasteiger charge is 2.10. The van der Waals surface area contributed by atoms with E-state index in [4.69, 9.17) is 5.73 Å². The molecule has 0 saturated heterocycles. The Hall–Kier alpha value is -1.91. The third-order valence-electron chi connectivity index (χ3n) is 5.09. The molecule has 0 fully saturated rings. The minimum atomic E-state index is 0.00888. The molecular formula is C22H37N7OS2. The molecule has 0 saturated carbocycles. The molecule has 0 amide bonds. The smallest absolute Gasteiger partial charge is 0.254 e. The first kappa shape index (κ1) is 26.3. The Kier molecular flexibility index (Phi) is 11.8. The van der Waals surface area contributed by atoms with E-state index < -0.39 is 0 Å². The molecule has 0 bridgehead atoms. The summed E-state index contributed by atoms with van der Waals surface area (Å²) in [5.74, 6) is 2.83. The summed E-state index contributed by atoms with van der Waals surface area (Å²) in [6.07, 6.45) is 3.43. The summed E-state index contributed by atoms with van der Waals surface area (Å²) in [5, 5.41) is 5.82. The molecule has 0 radical (unpaired) electrons. The molecule has 2 rings (SSSR count). The second-order valence-corrected chi connectivity index (χ2v) is 9.51. The topological polar surface area (TPSA) is 112 Å². The molecular weight excluding hydrogens is 442 g/mol. The van der Waals surface area contributed by atoms with E-state index >= 15 is 0 Å². The third kappa shape index (κ3) is 8.91. The monoisotopic (exact) mass is 479 g/mol. The van der Waals surface area contributed by atoms with E-state index in [1.165, 1.54) is 11.3 Å². The number of aromatic nitrogens is 3. The first-order valence-corrected chi connectivity index (χ1v) is 13.4. The number of hydrogen-bond donors (Lipinski definition) is 3. The predicted octanol–water partition coefficient (Wildman–Crippen LogP) is 3.42. The summed E-state index contributed by atoms with van der Waals surface area (Å²) in [4.78, 5) is 31.3. The fraction of sp³-hybridized carbons (Fsp3) is 0.636. The molecule has 10 heteroatoms. The van der Waals surface area contributed by atoms with Gasteiger partial charge in [0.2, 0.25) is 0 Å². The van der Waals surface area contributed by atoms with Gasteiger partial charge in [0, 0.05) is 41.1 Å². The van der Waals surface area contributed by atoms with Gasteiger partial charge in [-0.1, -0.05) is 20.8 Å². The summed E-state index contributed by atoms with van der Waals surface area (Å²) in [6.45, 7) is 12.1. The maximum Gasteiger partial charge on any atom is 0.254 e. The average molecular weight is 480 g/mol. The second-order valence-electron chi connectivity index (χ2n) is 7.55. The highest BCUT2D eigenvalue weighted by Crippen LogP contribution is 2.20. The van der Waals surface area contributed by atoms with Gasteiger partial charge in [-0.15, -0.1) is 11.3 Å². The van der Waals surface area contributed by atoms with Crippen LogP contribution in [0, 0.1) is 6.92 Å². The number of nitrogens with two attached hydrogens (primary N) is 1. The van der Waals surface area contributed by atoms with Crippen molar-refractivity contribution in [1.29, 1.82) is 0 Å². The predicted molar refractivity (Wildman–Crippen MR) is 138 cm³/mol. The zero-order chi connectivity index (χ0) is 23.3. The van der Waals surface area contributed by atoms with E-state index in [2.05, 4.69) is 50.9 Å². The highest BCUT2D eigenvalue weighted by atomic mass is 32.2. The molecule has 0 unspecified atom stereocenters. The van der Waals surface area contributed by atoms with Gasteiger partial charge in [-0.2, -0.15) is 11.8 Å². The van der Waals surface area contributed by atoms with Crippen LogP contribution in [0.5, 0.6) is 0 Å². The van der Waals surface area contributed by atoms with Crippen molar-refractivity contribution >= 4 is 34.2 Å². The van der Waals surface area contributed by atoms with Crippen LogP contribution in [0.15, 0.2) is 15.2 Å². The normalized spacial score (nSPS) is 12.0. The molecule has 2 aromatic heterocycles. The van der Waals surface area contributed by atoms with Crippen molar-refractivity contribution in [3.63, 3.8) is 0 Å². The lowest BCUT2D eigenvalue weighted by molar-refractivity contribution is 0.300. The van der Waals surface area contributed by atoms with Crippen LogP contribution in [0.3, 0.4) is 0 Å². The zero-order valence-corrected chi connectivity index (χ0v) is 21.4. The largest absolute Gasteiger partial charge is 0.370 e. The number of anilines is 1. The van der Waals surface area contributed by atoms with Gasteiger partial charge in [-0.05, 0) is 45.8 Å². The number of nitrogens with zero attached hydrogens (tertiary/aromatic N) is 4. The minimum absolute atomic E-state index is 0.00888. The number of H-pyrrole nitrogens is 1. The third-order valence-corrected chi connectivity index (χ3v) is 6.89. The molecule has 8 nitrogen and oxygen atoms in total. The molecule has 0 aromatic carbocycles. The molecule has 2 heterocycles. The van der Waals surface area contributed by atoms with E-state index in [-0.39, 0.29) is 5.56 Å². The lowest BCUT2D eigenvalue weighted by Crippen LogP contribution is -2.25. The fourth-order valence-electron chi connectivity index (χ4n) is 3.26. The number of aryl methyl sites for hydroxylation is 2. The Morgan fingerprint density at radius 1 is 1.28 bits per heavy atom. The Labute approximate surface area is 199 Å². The molecule has 4 N–H and O–H groups in total. The number of thioether (sulfide) groups is 1. The van der Waals surface area contributed by atoms with E-state index in [1.807, 2.05) is 12.3 Å². The molecule has 0 aliphatic heterocycles. The standard InChI is InChI=1S/C22H37N7OS2/c1-5-11-24-21(23)28-22-26-17(15-32-22)14-31-13-10-19-25-16(4)18(20(30)27-19)9-8-12-29(6-2)7-3/h15H,5-14H2,1-4H3,(H,25,27,30)(H3,23,24,26,28). The Morgan fingerprint density at radius 2 is 2.06 bits per heavy atom. The number of aliphatic imine (C=N–C) groups is 1. The van der Waals surface area contributed by atoms with Gasteiger partial charge in [0.05, 0.1) is 5.69 Å². The molecule has 178 valence electrons. The number of rotatable bonds is 14. The fourth-order valence-corrected chi connectivity index (χ4v) is 4.92. The SMILES string of the molecule is CCCN=C(N)Nc1nc(CSCCc2nc(C)c(CCCN(CC)CC)c(=O)[nH]2)cs1. The molecule has 2 aromatic rings.